The van der Waals surface area contributed by atoms with E-state index in [2.05, 4.69) is 74.1 Å². The van der Waals surface area contributed by atoms with E-state index >= 15 is 0 Å². The van der Waals surface area contributed by atoms with Crippen molar-refractivity contribution in [1.82, 2.24) is 4.98 Å². The van der Waals surface area contributed by atoms with Gasteiger partial charge in [0.15, 0.2) is 0 Å². The number of benzene rings is 1. The van der Waals surface area contributed by atoms with E-state index < -0.39 is 0 Å². The molecule has 0 radical (unpaired) electrons. The van der Waals surface area contributed by atoms with Crippen LogP contribution in [0.25, 0.3) is 0 Å². The van der Waals surface area contributed by atoms with Crippen LogP contribution >= 0.6 is 31.9 Å². The monoisotopic (exact) mass is 353 g/mol. The summed E-state index contributed by atoms with van der Waals surface area (Å²) in [6, 6.07) is 12.5. The third kappa shape index (κ3) is 3.65. The van der Waals surface area contributed by atoms with Gasteiger partial charge in [0.1, 0.15) is 0 Å². The Kier molecular flexibility index (Phi) is 4.35. The van der Waals surface area contributed by atoms with Gasteiger partial charge < -0.3 is 0 Å². The molecule has 0 N–H and O–H groups in total. The molecule has 1 unspecified atom stereocenters. The van der Waals surface area contributed by atoms with E-state index in [1.54, 1.807) is 0 Å². The first-order valence-corrected chi connectivity index (χ1v) is 7.17. The molecule has 88 valence electrons. The molecule has 1 aromatic carbocycles. The Labute approximate surface area is 119 Å². The van der Waals surface area contributed by atoms with Crippen LogP contribution < -0.4 is 0 Å². The molecular formula is C14H13Br2N. The van der Waals surface area contributed by atoms with E-state index in [-0.39, 0.29) is 0 Å². The first kappa shape index (κ1) is 12.8. The van der Waals surface area contributed by atoms with Crippen molar-refractivity contribution in [3.05, 3.63) is 63.9 Å². The van der Waals surface area contributed by atoms with Crippen molar-refractivity contribution >= 4 is 31.9 Å². The molecule has 2 rings (SSSR count). The predicted octanol–water partition coefficient (Wildman–Crippen LogP) is 4.83. The molecule has 0 saturated heterocycles. The molecule has 17 heavy (non-hydrogen) atoms. The Bertz CT molecular complexity index is 494. The molecule has 0 aliphatic carbocycles. The largest absolute Gasteiger partial charge is 0.261 e. The van der Waals surface area contributed by atoms with Crippen molar-refractivity contribution in [2.45, 2.75) is 18.2 Å². The van der Waals surface area contributed by atoms with Crippen molar-refractivity contribution in [3.8, 4) is 0 Å². The maximum Gasteiger partial charge on any atom is 0.0451 e. The van der Waals surface area contributed by atoms with Crippen LogP contribution in [0.5, 0.6) is 0 Å². The van der Waals surface area contributed by atoms with Gasteiger partial charge >= 0.3 is 0 Å². The Morgan fingerprint density at radius 2 is 2.06 bits per heavy atom. The summed E-state index contributed by atoms with van der Waals surface area (Å²) in [6.07, 6.45) is 2.81. The number of alkyl halides is 1. The average Bonchev–Trinajstić information content (AvgIpc) is 2.32. The molecule has 0 saturated carbocycles. The number of hydrogen-bond donors (Lipinski definition) is 0. The van der Waals surface area contributed by atoms with Crippen LogP contribution in [-0.2, 0) is 6.42 Å². The molecule has 0 bridgehead atoms. The summed E-state index contributed by atoms with van der Waals surface area (Å²) in [5, 5.41) is 0. The lowest BCUT2D eigenvalue weighted by Gasteiger charge is -2.10. The van der Waals surface area contributed by atoms with Crippen LogP contribution in [0.1, 0.15) is 21.6 Å². The van der Waals surface area contributed by atoms with Crippen LogP contribution in [0, 0.1) is 6.92 Å². The highest BCUT2D eigenvalue weighted by molar-refractivity contribution is 9.10. The Morgan fingerprint density at radius 3 is 2.71 bits per heavy atom. The second-order valence-corrected chi connectivity index (χ2v) is 6.07. The van der Waals surface area contributed by atoms with Gasteiger partial charge in [-0.05, 0) is 36.2 Å². The fourth-order valence-electron chi connectivity index (χ4n) is 1.62. The minimum atomic E-state index is 0.301. The van der Waals surface area contributed by atoms with Gasteiger partial charge in [-0.25, -0.2) is 0 Å². The smallest absolute Gasteiger partial charge is 0.0451 e. The van der Waals surface area contributed by atoms with E-state index in [1.165, 1.54) is 11.1 Å². The standard InChI is InChI=1S/C14H13Br2N/c1-10-5-6-13(17-9-10)8-14(16)11-3-2-4-12(15)7-11/h2-7,9,14H,8H2,1H3. The first-order chi connectivity index (χ1) is 8.15. The molecular weight excluding hydrogens is 342 g/mol. The molecule has 0 amide bonds. The number of pyridine rings is 1. The summed E-state index contributed by atoms with van der Waals surface area (Å²) in [4.78, 5) is 4.73. The van der Waals surface area contributed by atoms with Crippen LogP contribution in [0.3, 0.4) is 0 Å². The number of nitrogens with zero attached hydrogens (tertiary/aromatic N) is 1. The van der Waals surface area contributed by atoms with Gasteiger partial charge in [-0.3, -0.25) is 4.98 Å². The Balaban J connectivity index is 2.11. The summed E-state index contributed by atoms with van der Waals surface area (Å²) < 4.78 is 1.11. The highest BCUT2D eigenvalue weighted by Crippen LogP contribution is 2.28. The Hall–Kier alpha value is -0.670. The maximum absolute atomic E-state index is 4.42. The molecule has 0 aliphatic rings. The second kappa shape index (κ2) is 5.78. The number of aryl methyl sites for hydroxylation is 1. The van der Waals surface area contributed by atoms with Gasteiger partial charge in [0.05, 0.1) is 0 Å². The molecule has 1 atom stereocenters. The zero-order chi connectivity index (χ0) is 12.3. The topological polar surface area (TPSA) is 12.9 Å². The normalized spacial score (nSPS) is 12.4. The molecule has 1 aromatic heterocycles. The number of halogens is 2. The summed E-state index contributed by atoms with van der Waals surface area (Å²) in [5.41, 5.74) is 3.57. The molecule has 0 fully saturated rings. The molecule has 3 heteroatoms. The fraction of sp³-hybridized carbons (Fsp3) is 0.214. The minimum Gasteiger partial charge on any atom is -0.261 e. The third-order valence-corrected chi connectivity index (χ3v) is 3.92. The molecule has 1 heterocycles. The Morgan fingerprint density at radius 1 is 1.24 bits per heavy atom. The predicted molar refractivity (Wildman–Crippen MR) is 78.5 cm³/mol. The fourth-order valence-corrected chi connectivity index (χ4v) is 2.66. The number of hydrogen-bond acceptors (Lipinski definition) is 1. The van der Waals surface area contributed by atoms with Crippen molar-refractivity contribution in [1.29, 1.82) is 0 Å². The summed E-state index contributed by atoms with van der Waals surface area (Å²) in [6.45, 7) is 2.05. The minimum absolute atomic E-state index is 0.301. The van der Waals surface area contributed by atoms with E-state index in [9.17, 15) is 0 Å². The average molecular weight is 355 g/mol. The van der Waals surface area contributed by atoms with E-state index in [4.69, 9.17) is 0 Å². The van der Waals surface area contributed by atoms with Crippen molar-refractivity contribution < 1.29 is 0 Å². The van der Waals surface area contributed by atoms with Crippen molar-refractivity contribution in [2.24, 2.45) is 0 Å². The van der Waals surface area contributed by atoms with Crippen LogP contribution in [0.15, 0.2) is 47.1 Å². The van der Waals surface area contributed by atoms with Gasteiger partial charge in [-0.2, -0.15) is 0 Å². The lowest BCUT2D eigenvalue weighted by Crippen LogP contribution is -1.97. The third-order valence-electron chi connectivity index (χ3n) is 2.57. The van der Waals surface area contributed by atoms with E-state index in [0.717, 1.165) is 16.6 Å². The highest BCUT2D eigenvalue weighted by Gasteiger charge is 2.09. The van der Waals surface area contributed by atoms with Gasteiger partial charge in [0.2, 0.25) is 0 Å². The molecule has 0 spiro atoms. The maximum atomic E-state index is 4.42. The van der Waals surface area contributed by atoms with Crippen LogP contribution in [-0.4, -0.2) is 4.98 Å². The van der Waals surface area contributed by atoms with Gasteiger partial charge in [-0.1, -0.05) is 50.1 Å². The quantitative estimate of drug-likeness (QED) is 0.719. The van der Waals surface area contributed by atoms with Crippen molar-refractivity contribution in [3.63, 3.8) is 0 Å². The van der Waals surface area contributed by atoms with Gasteiger partial charge in [-0.15, -0.1) is 0 Å². The second-order valence-electron chi connectivity index (χ2n) is 4.05. The lowest BCUT2D eigenvalue weighted by atomic mass is 10.1. The van der Waals surface area contributed by atoms with E-state index in [0.29, 0.717) is 4.83 Å². The molecule has 2 aromatic rings. The summed E-state index contributed by atoms with van der Waals surface area (Å²) in [5.74, 6) is 0. The van der Waals surface area contributed by atoms with E-state index in [1.807, 2.05) is 12.3 Å². The van der Waals surface area contributed by atoms with Crippen LogP contribution in [0.4, 0.5) is 0 Å². The number of rotatable bonds is 3. The summed E-state index contributed by atoms with van der Waals surface area (Å²) >= 11 is 7.20. The van der Waals surface area contributed by atoms with Gasteiger partial charge in [0, 0.05) is 27.6 Å². The molecule has 0 aliphatic heterocycles. The number of aromatic nitrogens is 1. The molecule has 1 nitrogen and oxygen atoms in total. The zero-order valence-corrected chi connectivity index (χ0v) is 12.7. The van der Waals surface area contributed by atoms with Crippen molar-refractivity contribution in [2.75, 3.05) is 0 Å². The lowest BCUT2D eigenvalue weighted by molar-refractivity contribution is 0.901. The summed E-state index contributed by atoms with van der Waals surface area (Å²) in [7, 11) is 0. The first-order valence-electron chi connectivity index (χ1n) is 5.46. The SMILES string of the molecule is Cc1ccc(CC(Br)c2cccc(Br)c2)nc1. The van der Waals surface area contributed by atoms with Gasteiger partial charge in [0.25, 0.3) is 0 Å². The highest BCUT2D eigenvalue weighted by atomic mass is 79.9. The van der Waals surface area contributed by atoms with Crippen LogP contribution in [0.2, 0.25) is 0 Å². The zero-order valence-electron chi connectivity index (χ0n) is 9.53.